The smallest absolute Gasteiger partial charge is 0.338 e. The van der Waals surface area contributed by atoms with E-state index in [0.717, 1.165) is 22.6 Å². The fourth-order valence-electron chi connectivity index (χ4n) is 1.77. The molecule has 2 rings (SSSR count). The Morgan fingerprint density at radius 3 is 2.75 bits per heavy atom. The molecule has 0 unspecified atom stereocenters. The first-order valence-electron chi connectivity index (χ1n) is 6.42. The van der Waals surface area contributed by atoms with Crippen molar-refractivity contribution in [2.75, 3.05) is 18.1 Å². The van der Waals surface area contributed by atoms with Crippen LogP contribution in [0.2, 0.25) is 0 Å². The Bertz CT molecular complexity index is 561. The number of rotatable bonds is 6. The summed E-state index contributed by atoms with van der Waals surface area (Å²) >= 11 is 1.75. The van der Waals surface area contributed by atoms with Crippen molar-refractivity contribution in [2.45, 2.75) is 6.92 Å². The Morgan fingerprint density at radius 2 is 2.00 bits per heavy atom. The number of ether oxygens (including phenoxy) is 1. The Morgan fingerprint density at radius 1 is 1.25 bits per heavy atom. The van der Waals surface area contributed by atoms with Gasteiger partial charge in [-0.2, -0.15) is 11.8 Å². The second-order valence-electron chi connectivity index (χ2n) is 4.01. The van der Waals surface area contributed by atoms with E-state index in [4.69, 9.17) is 4.74 Å². The highest BCUT2D eigenvalue weighted by Gasteiger charge is 2.13. The van der Waals surface area contributed by atoms with E-state index in [1.54, 1.807) is 30.2 Å². The van der Waals surface area contributed by atoms with E-state index in [2.05, 4.69) is 16.9 Å². The maximum Gasteiger partial charge on any atom is 0.338 e. The van der Waals surface area contributed by atoms with Crippen molar-refractivity contribution in [3.05, 3.63) is 48.5 Å². The van der Waals surface area contributed by atoms with E-state index < -0.39 is 0 Å². The first-order valence-corrected chi connectivity index (χ1v) is 7.57. The molecule has 0 aliphatic rings. The summed E-state index contributed by atoms with van der Waals surface area (Å²) < 4.78 is 5.29. The number of hydrogen-bond donors (Lipinski definition) is 0. The number of hydrogen-bond acceptors (Lipinski definition) is 5. The molecule has 1 aromatic heterocycles. The molecule has 2 aromatic rings. The molecule has 5 heteroatoms. The molecule has 0 saturated carbocycles. The lowest BCUT2D eigenvalue weighted by Crippen LogP contribution is -2.09. The van der Waals surface area contributed by atoms with Crippen LogP contribution in [0.15, 0.2) is 43.0 Å². The molecule has 0 saturated heterocycles. The molecule has 0 fully saturated rings. The summed E-state index contributed by atoms with van der Waals surface area (Å²) in [5.74, 6) is 1.54. The molecule has 0 aliphatic carbocycles. The van der Waals surface area contributed by atoms with Gasteiger partial charge in [-0.15, -0.1) is 0 Å². The molecule has 4 nitrogen and oxygen atoms in total. The zero-order valence-electron chi connectivity index (χ0n) is 11.3. The monoisotopic (exact) mass is 288 g/mol. The lowest BCUT2D eigenvalue weighted by atomic mass is 10.0. The molecular weight excluding hydrogens is 272 g/mol. The highest BCUT2D eigenvalue weighted by atomic mass is 32.2. The van der Waals surface area contributed by atoms with Crippen LogP contribution < -0.4 is 0 Å². The van der Waals surface area contributed by atoms with Gasteiger partial charge < -0.3 is 4.74 Å². The second-order valence-corrected chi connectivity index (χ2v) is 5.40. The number of thioether (sulfide) groups is 1. The third-order valence-corrected chi connectivity index (χ3v) is 3.55. The van der Waals surface area contributed by atoms with Crippen LogP contribution in [0, 0.1) is 0 Å². The Labute approximate surface area is 122 Å². The van der Waals surface area contributed by atoms with Crippen LogP contribution in [-0.2, 0) is 4.74 Å². The SMILES string of the molecule is CCSCCOC(=O)c1ccccc1-c1cncnc1. The highest BCUT2D eigenvalue weighted by molar-refractivity contribution is 7.99. The molecule has 0 bridgehead atoms. The van der Waals surface area contributed by atoms with Crippen molar-refractivity contribution >= 4 is 17.7 Å². The molecule has 20 heavy (non-hydrogen) atoms. The zero-order chi connectivity index (χ0) is 14.2. The van der Waals surface area contributed by atoms with Crippen molar-refractivity contribution in [3.8, 4) is 11.1 Å². The van der Waals surface area contributed by atoms with Gasteiger partial charge in [0.2, 0.25) is 0 Å². The largest absolute Gasteiger partial charge is 0.461 e. The summed E-state index contributed by atoms with van der Waals surface area (Å²) in [4.78, 5) is 20.1. The summed E-state index contributed by atoms with van der Waals surface area (Å²) in [6.07, 6.45) is 4.84. The average molecular weight is 288 g/mol. The summed E-state index contributed by atoms with van der Waals surface area (Å²) in [6, 6.07) is 7.34. The van der Waals surface area contributed by atoms with Gasteiger partial charge in [-0.25, -0.2) is 14.8 Å². The van der Waals surface area contributed by atoms with Crippen LogP contribution in [0.3, 0.4) is 0 Å². The first-order chi connectivity index (χ1) is 9.83. The fourth-order valence-corrected chi connectivity index (χ4v) is 2.26. The second kappa shape index (κ2) is 7.65. The summed E-state index contributed by atoms with van der Waals surface area (Å²) in [7, 11) is 0. The van der Waals surface area contributed by atoms with Gasteiger partial charge in [-0.3, -0.25) is 0 Å². The number of aromatic nitrogens is 2. The Balaban J connectivity index is 2.14. The predicted octanol–water partition coefficient (Wildman–Crippen LogP) is 3.05. The third kappa shape index (κ3) is 3.81. The number of esters is 1. The van der Waals surface area contributed by atoms with Gasteiger partial charge in [0, 0.05) is 23.7 Å². The zero-order valence-corrected chi connectivity index (χ0v) is 12.1. The van der Waals surface area contributed by atoms with Gasteiger partial charge in [-0.1, -0.05) is 25.1 Å². The number of benzene rings is 1. The Hall–Kier alpha value is -1.88. The van der Waals surface area contributed by atoms with Crippen molar-refractivity contribution < 1.29 is 9.53 Å². The van der Waals surface area contributed by atoms with Gasteiger partial charge in [0.1, 0.15) is 12.9 Å². The van der Waals surface area contributed by atoms with Crippen molar-refractivity contribution in [1.29, 1.82) is 0 Å². The van der Waals surface area contributed by atoms with Gasteiger partial charge in [0.15, 0.2) is 0 Å². The summed E-state index contributed by atoms with van der Waals surface area (Å²) in [5.41, 5.74) is 2.15. The van der Waals surface area contributed by atoms with E-state index in [0.29, 0.717) is 12.2 Å². The molecule has 0 amide bonds. The van der Waals surface area contributed by atoms with E-state index in [9.17, 15) is 4.79 Å². The average Bonchev–Trinajstić information content (AvgIpc) is 2.52. The van der Waals surface area contributed by atoms with E-state index in [-0.39, 0.29) is 5.97 Å². The van der Waals surface area contributed by atoms with Crippen molar-refractivity contribution in [3.63, 3.8) is 0 Å². The van der Waals surface area contributed by atoms with Crippen molar-refractivity contribution in [1.82, 2.24) is 9.97 Å². The van der Waals surface area contributed by atoms with Gasteiger partial charge in [0.25, 0.3) is 0 Å². The van der Waals surface area contributed by atoms with Crippen LogP contribution >= 0.6 is 11.8 Å². The maximum absolute atomic E-state index is 12.1. The van der Waals surface area contributed by atoms with Crippen LogP contribution in [0.4, 0.5) is 0 Å². The molecular formula is C15H16N2O2S. The number of carbonyl (C=O) groups excluding carboxylic acids is 1. The first kappa shape index (κ1) is 14.5. The highest BCUT2D eigenvalue weighted by Crippen LogP contribution is 2.22. The minimum Gasteiger partial charge on any atom is -0.461 e. The van der Waals surface area contributed by atoms with Crippen LogP contribution in [0.25, 0.3) is 11.1 Å². The topological polar surface area (TPSA) is 52.1 Å². The van der Waals surface area contributed by atoms with Crippen LogP contribution in [-0.4, -0.2) is 34.0 Å². The normalized spacial score (nSPS) is 10.2. The lowest BCUT2D eigenvalue weighted by molar-refractivity contribution is 0.0531. The molecule has 0 spiro atoms. The lowest BCUT2D eigenvalue weighted by Gasteiger charge is -2.09. The van der Waals surface area contributed by atoms with E-state index in [1.165, 1.54) is 6.33 Å². The molecule has 0 atom stereocenters. The standard InChI is InChI=1S/C15H16N2O2S/c1-2-20-8-7-19-15(18)14-6-4-3-5-13(14)12-9-16-11-17-10-12/h3-6,9-11H,2,7-8H2,1H3. The maximum atomic E-state index is 12.1. The molecule has 1 aromatic carbocycles. The fraction of sp³-hybridized carbons (Fsp3) is 0.267. The number of carbonyl (C=O) groups is 1. The van der Waals surface area contributed by atoms with Crippen LogP contribution in [0.1, 0.15) is 17.3 Å². The molecule has 0 aliphatic heterocycles. The minimum absolute atomic E-state index is 0.304. The third-order valence-electron chi connectivity index (χ3n) is 2.68. The molecule has 0 N–H and O–H groups in total. The predicted molar refractivity (Wildman–Crippen MR) is 80.7 cm³/mol. The Kier molecular flexibility index (Phi) is 5.55. The summed E-state index contributed by atoms with van der Waals surface area (Å²) in [5, 5.41) is 0. The molecule has 104 valence electrons. The number of nitrogens with zero attached hydrogens (tertiary/aromatic N) is 2. The van der Waals surface area contributed by atoms with Gasteiger partial charge in [0.05, 0.1) is 5.56 Å². The molecule has 0 radical (unpaired) electrons. The van der Waals surface area contributed by atoms with Crippen molar-refractivity contribution in [2.24, 2.45) is 0 Å². The summed E-state index contributed by atoms with van der Waals surface area (Å²) in [6.45, 7) is 2.51. The van der Waals surface area contributed by atoms with Crippen LogP contribution in [0.5, 0.6) is 0 Å². The van der Waals surface area contributed by atoms with E-state index in [1.807, 2.05) is 18.2 Å². The quantitative estimate of drug-likeness (QED) is 0.604. The van der Waals surface area contributed by atoms with E-state index >= 15 is 0 Å². The molecule has 1 heterocycles. The minimum atomic E-state index is -0.304. The van der Waals surface area contributed by atoms with Gasteiger partial charge in [-0.05, 0) is 17.4 Å². The van der Waals surface area contributed by atoms with Gasteiger partial charge >= 0.3 is 5.97 Å².